The van der Waals surface area contributed by atoms with Gasteiger partial charge in [0, 0.05) is 5.56 Å². The lowest BCUT2D eigenvalue weighted by Gasteiger charge is -2.24. The normalized spacial score (nSPS) is 16.0. The van der Waals surface area contributed by atoms with Crippen molar-refractivity contribution in [2.24, 2.45) is 0 Å². The minimum absolute atomic E-state index is 0.176. The summed E-state index contributed by atoms with van der Waals surface area (Å²) >= 11 is 0. The van der Waals surface area contributed by atoms with E-state index in [0.717, 1.165) is 16.8 Å². The van der Waals surface area contributed by atoms with Gasteiger partial charge in [-0.25, -0.2) is 4.39 Å². The van der Waals surface area contributed by atoms with Crippen molar-refractivity contribution in [1.82, 2.24) is 19.9 Å². The Labute approximate surface area is 166 Å². The molecule has 0 unspecified atom stereocenters. The third kappa shape index (κ3) is 3.34. The molecule has 0 amide bonds. The van der Waals surface area contributed by atoms with Crippen LogP contribution in [0.25, 0.3) is 23.0 Å². The number of rotatable bonds is 3. The molecule has 0 fully saturated rings. The zero-order valence-electron chi connectivity index (χ0n) is 16.1. The first kappa shape index (κ1) is 17.8. The molecular weight excluding hydrogens is 371 g/mol. The molecule has 0 saturated heterocycles. The molecule has 0 saturated carbocycles. The molecule has 6 nitrogen and oxygen atoms in total. The molecule has 4 aromatic rings. The van der Waals surface area contributed by atoms with Gasteiger partial charge in [-0.1, -0.05) is 29.4 Å². The van der Waals surface area contributed by atoms with Gasteiger partial charge < -0.3 is 9.26 Å². The second-order valence-electron chi connectivity index (χ2n) is 7.28. The van der Waals surface area contributed by atoms with Crippen molar-refractivity contribution in [2.75, 3.05) is 0 Å². The number of nitrogens with zero attached hydrogens (tertiary/aromatic N) is 4. The molecule has 1 aliphatic rings. The second kappa shape index (κ2) is 6.93. The number of hydrogen-bond acceptors (Lipinski definition) is 5. The summed E-state index contributed by atoms with van der Waals surface area (Å²) in [7, 11) is 0. The van der Waals surface area contributed by atoms with Gasteiger partial charge in [0.25, 0.3) is 5.89 Å². The molecular formula is C22H19FN4O2. The quantitative estimate of drug-likeness (QED) is 0.510. The van der Waals surface area contributed by atoms with Gasteiger partial charge in [-0.2, -0.15) is 10.1 Å². The summed E-state index contributed by atoms with van der Waals surface area (Å²) in [6.45, 7) is 5.07. The summed E-state index contributed by atoms with van der Waals surface area (Å²) in [5.41, 5.74) is 5.77. The molecule has 3 heterocycles. The van der Waals surface area contributed by atoms with E-state index in [1.54, 1.807) is 12.1 Å². The number of fused-ring (bicyclic) bond motifs is 1. The molecule has 0 radical (unpaired) electrons. The highest BCUT2D eigenvalue weighted by atomic mass is 19.1. The zero-order chi connectivity index (χ0) is 20.0. The lowest BCUT2D eigenvalue weighted by molar-refractivity contribution is -0.00116. The third-order valence-electron chi connectivity index (χ3n) is 5.29. The first-order valence-electron chi connectivity index (χ1n) is 9.42. The largest absolute Gasteiger partial charge is 0.365 e. The zero-order valence-corrected chi connectivity index (χ0v) is 16.1. The molecule has 146 valence electrons. The van der Waals surface area contributed by atoms with Gasteiger partial charge in [-0.15, -0.1) is 0 Å². The number of ether oxygens (including phenoxy) is 1. The van der Waals surface area contributed by atoms with E-state index in [4.69, 9.17) is 9.26 Å². The van der Waals surface area contributed by atoms with E-state index in [1.165, 1.54) is 23.3 Å². The van der Waals surface area contributed by atoms with Crippen LogP contribution in [0.1, 0.15) is 28.5 Å². The fourth-order valence-electron chi connectivity index (χ4n) is 3.43. The Morgan fingerprint density at radius 1 is 1.03 bits per heavy atom. The second-order valence-corrected chi connectivity index (χ2v) is 7.28. The standard InChI is InChI=1S/C22H19FN4O2/c1-13-3-4-16(9-14(13)2)21-24-22(29-26-21)19-10-18-12-28-20(11-27(18)25-19)15-5-7-17(23)8-6-15/h3-10,20H,11-12H2,1-2H3/t20-/m0/s1. The van der Waals surface area contributed by atoms with Crippen LogP contribution in [0, 0.1) is 19.7 Å². The van der Waals surface area contributed by atoms with Crippen LogP contribution in [-0.2, 0) is 17.9 Å². The summed E-state index contributed by atoms with van der Waals surface area (Å²) in [5.74, 6) is 0.649. The summed E-state index contributed by atoms with van der Waals surface area (Å²) in [6.07, 6.45) is -0.176. The van der Waals surface area contributed by atoms with Crippen molar-refractivity contribution >= 4 is 0 Å². The Kier molecular flexibility index (Phi) is 4.24. The SMILES string of the molecule is Cc1ccc(-c2noc(-c3cc4n(n3)C[C@@H](c3ccc(F)cc3)OC4)n2)cc1C. The van der Waals surface area contributed by atoms with Crippen LogP contribution in [0.15, 0.2) is 53.1 Å². The van der Waals surface area contributed by atoms with E-state index >= 15 is 0 Å². The fraction of sp³-hybridized carbons (Fsp3) is 0.227. The predicted molar refractivity (Wildman–Crippen MR) is 104 cm³/mol. The lowest BCUT2D eigenvalue weighted by Crippen LogP contribution is -2.21. The fourth-order valence-corrected chi connectivity index (χ4v) is 3.43. The number of halogens is 1. The maximum absolute atomic E-state index is 13.2. The van der Waals surface area contributed by atoms with Gasteiger partial charge >= 0.3 is 0 Å². The van der Waals surface area contributed by atoms with Crippen molar-refractivity contribution in [3.8, 4) is 23.0 Å². The van der Waals surface area contributed by atoms with Gasteiger partial charge in [0.05, 0.1) is 18.8 Å². The Morgan fingerprint density at radius 3 is 2.66 bits per heavy atom. The number of aryl methyl sites for hydroxylation is 2. The summed E-state index contributed by atoms with van der Waals surface area (Å²) in [5, 5.41) is 8.73. The van der Waals surface area contributed by atoms with Crippen molar-refractivity contribution in [2.45, 2.75) is 33.1 Å². The highest BCUT2D eigenvalue weighted by molar-refractivity contribution is 5.59. The molecule has 29 heavy (non-hydrogen) atoms. The average molecular weight is 390 g/mol. The van der Waals surface area contributed by atoms with Crippen LogP contribution in [0.3, 0.4) is 0 Å². The molecule has 2 aromatic heterocycles. The third-order valence-corrected chi connectivity index (χ3v) is 5.29. The molecule has 0 spiro atoms. The van der Waals surface area contributed by atoms with E-state index in [-0.39, 0.29) is 11.9 Å². The van der Waals surface area contributed by atoms with Crippen LogP contribution in [0.5, 0.6) is 0 Å². The summed E-state index contributed by atoms with van der Waals surface area (Å²) < 4.78 is 26.4. The summed E-state index contributed by atoms with van der Waals surface area (Å²) in [6, 6.07) is 14.3. The van der Waals surface area contributed by atoms with Gasteiger partial charge in [0.2, 0.25) is 5.82 Å². The topological polar surface area (TPSA) is 66.0 Å². The molecule has 1 aliphatic heterocycles. The van der Waals surface area contributed by atoms with Crippen molar-refractivity contribution in [3.05, 3.63) is 76.7 Å². The highest BCUT2D eigenvalue weighted by Gasteiger charge is 2.24. The first-order valence-corrected chi connectivity index (χ1v) is 9.42. The number of aromatic nitrogens is 4. The maximum Gasteiger partial charge on any atom is 0.278 e. The maximum atomic E-state index is 13.2. The Bertz CT molecular complexity index is 1180. The first-order chi connectivity index (χ1) is 14.1. The van der Waals surface area contributed by atoms with Crippen LogP contribution < -0.4 is 0 Å². The molecule has 0 N–H and O–H groups in total. The van der Waals surface area contributed by atoms with Gasteiger partial charge in [0.1, 0.15) is 11.9 Å². The Hall–Kier alpha value is -3.32. The molecule has 5 rings (SSSR count). The van der Waals surface area contributed by atoms with Crippen molar-refractivity contribution < 1.29 is 13.7 Å². The smallest absolute Gasteiger partial charge is 0.278 e. The van der Waals surface area contributed by atoms with Gasteiger partial charge in [-0.3, -0.25) is 4.68 Å². The van der Waals surface area contributed by atoms with Crippen LogP contribution >= 0.6 is 0 Å². The number of benzene rings is 2. The van der Waals surface area contributed by atoms with Crippen molar-refractivity contribution in [1.29, 1.82) is 0 Å². The van der Waals surface area contributed by atoms with Gasteiger partial charge in [-0.05, 0) is 54.8 Å². The van der Waals surface area contributed by atoms with E-state index < -0.39 is 0 Å². The monoisotopic (exact) mass is 390 g/mol. The molecule has 0 bridgehead atoms. The van der Waals surface area contributed by atoms with Crippen molar-refractivity contribution in [3.63, 3.8) is 0 Å². The lowest BCUT2D eigenvalue weighted by atomic mass is 10.1. The highest BCUT2D eigenvalue weighted by Crippen LogP contribution is 2.29. The molecule has 2 aromatic carbocycles. The minimum Gasteiger partial charge on any atom is -0.365 e. The van der Waals surface area contributed by atoms with E-state index in [1.807, 2.05) is 28.9 Å². The molecule has 7 heteroatoms. The Balaban J connectivity index is 1.40. The van der Waals surface area contributed by atoms with Crippen LogP contribution in [0.4, 0.5) is 4.39 Å². The van der Waals surface area contributed by atoms with E-state index in [9.17, 15) is 4.39 Å². The summed E-state index contributed by atoms with van der Waals surface area (Å²) in [4.78, 5) is 4.52. The van der Waals surface area contributed by atoms with Crippen LogP contribution in [-0.4, -0.2) is 19.9 Å². The van der Waals surface area contributed by atoms with E-state index in [0.29, 0.717) is 30.6 Å². The predicted octanol–water partition coefficient (Wildman–Crippen LogP) is 4.63. The minimum atomic E-state index is -0.261. The van der Waals surface area contributed by atoms with E-state index in [2.05, 4.69) is 29.1 Å². The van der Waals surface area contributed by atoms with Crippen LogP contribution in [0.2, 0.25) is 0 Å². The average Bonchev–Trinajstić information content (AvgIpc) is 3.37. The molecule has 1 atom stereocenters. The number of hydrogen-bond donors (Lipinski definition) is 0. The van der Waals surface area contributed by atoms with Gasteiger partial charge in [0.15, 0.2) is 5.69 Å². The Morgan fingerprint density at radius 2 is 1.86 bits per heavy atom. The molecule has 0 aliphatic carbocycles.